The third-order valence-electron chi connectivity index (χ3n) is 3.23. The van der Waals surface area contributed by atoms with E-state index in [1.54, 1.807) is 24.3 Å². The molecule has 8 heteroatoms. The minimum atomic E-state index is -4.58. The molecule has 24 heavy (non-hydrogen) atoms. The van der Waals surface area contributed by atoms with Crippen LogP contribution in [-0.4, -0.2) is 30.7 Å². The Bertz CT molecular complexity index is 693. The van der Waals surface area contributed by atoms with Gasteiger partial charge in [-0.05, 0) is 18.6 Å². The largest absolute Gasteiger partial charge is 0.494 e. The van der Waals surface area contributed by atoms with Gasteiger partial charge in [0.15, 0.2) is 5.82 Å². The first-order chi connectivity index (χ1) is 11.4. The van der Waals surface area contributed by atoms with Crippen LogP contribution in [0, 0.1) is 0 Å². The third kappa shape index (κ3) is 4.06. The van der Waals surface area contributed by atoms with Gasteiger partial charge in [-0.1, -0.05) is 13.0 Å². The summed E-state index contributed by atoms with van der Waals surface area (Å²) in [6.07, 6.45) is -3.03. The fourth-order valence-electron chi connectivity index (χ4n) is 2.04. The molecule has 0 unspecified atom stereocenters. The standard InChI is InChI=1S/C16H18F3N3O2/c1-4-8-24-12-7-5-6-11(9-12)22(2)14-13(16(17,18)19)10-20-15(21-14)23-3/h5-7,9-10H,4,8H2,1-3H3. The number of rotatable bonds is 6. The molecule has 0 spiro atoms. The molecule has 0 saturated heterocycles. The van der Waals surface area contributed by atoms with E-state index in [4.69, 9.17) is 9.47 Å². The highest BCUT2D eigenvalue weighted by Crippen LogP contribution is 2.38. The Morgan fingerprint density at radius 3 is 2.62 bits per heavy atom. The van der Waals surface area contributed by atoms with E-state index in [2.05, 4.69) is 9.97 Å². The molecule has 0 atom stereocenters. The van der Waals surface area contributed by atoms with E-state index in [0.29, 0.717) is 18.0 Å². The molecule has 0 saturated carbocycles. The van der Waals surface area contributed by atoms with E-state index in [1.807, 2.05) is 6.92 Å². The van der Waals surface area contributed by atoms with Crippen molar-refractivity contribution in [3.05, 3.63) is 36.0 Å². The van der Waals surface area contributed by atoms with Crippen LogP contribution in [0.15, 0.2) is 30.5 Å². The maximum atomic E-state index is 13.2. The zero-order chi connectivity index (χ0) is 17.7. The van der Waals surface area contributed by atoms with Crippen LogP contribution in [0.1, 0.15) is 18.9 Å². The Kier molecular flexibility index (Phi) is 5.48. The number of alkyl halides is 3. The summed E-state index contributed by atoms with van der Waals surface area (Å²) >= 11 is 0. The van der Waals surface area contributed by atoms with Crippen LogP contribution in [0.4, 0.5) is 24.7 Å². The summed E-state index contributed by atoms with van der Waals surface area (Å²) in [4.78, 5) is 8.74. The number of benzene rings is 1. The van der Waals surface area contributed by atoms with Gasteiger partial charge in [0.1, 0.15) is 11.3 Å². The van der Waals surface area contributed by atoms with Crippen LogP contribution in [0.2, 0.25) is 0 Å². The minimum Gasteiger partial charge on any atom is -0.494 e. The second kappa shape index (κ2) is 7.37. The lowest BCUT2D eigenvalue weighted by Crippen LogP contribution is -2.19. The summed E-state index contributed by atoms with van der Waals surface area (Å²) in [5.74, 6) is 0.290. The molecule has 2 aromatic rings. The van der Waals surface area contributed by atoms with Crippen molar-refractivity contribution >= 4 is 11.5 Å². The third-order valence-corrected chi connectivity index (χ3v) is 3.23. The Hall–Kier alpha value is -2.51. The predicted molar refractivity (Wildman–Crippen MR) is 83.9 cm³/mol. The normalized spacial score (nSPS) is 11.2. The molecule has 0 bridgehead atoms. The van der Waals surface area contributed by atoms with E-state index in [9.17, 15) is 13.2 Å². The van der Waals surface area contributed by atoms with Crippen molar-refractivity contribution in [1.29, 1.82) is 0 Å². The van der Waals surface area contributed by atoms with Crippen molar-refractivity contribution in [1.82, 2.24) is 9.97 Å². The lowest BCUT2D eigenvalue weighted by Gasteiger charge is -2.22. The Balaban J connectivity index is 2.43. The van der Waals surface area contributed by atoms with Crippen LogP contribution in [0.5, 0.6) is 11.8 Å². The molecule has 0 fully saturated rings. The maximum absolute atomic E-state index is 13.2. The summed E-state index contributed by atoms with van der Waals surface area (Å²) in [6, 6.07) is 6.65. The van der Waals surface area contributed by atoms with Gasteiger partial charge < -0.3 is 14.4 Å². The van der Waals surface area contributed by atoms with Crippen LogP contribution in [0.3, 0.4) is 0 Å². The number of nitrogens with zero attached hydrogens (tertiary/aromatic N) is 3. The fourth-order valence-corrected chi connectivity index (χ4v) is 2.04. The van der Waals surface area contributed by atoms with Crippen LogP contribution < -0.4 is 14.4 Å². The molecule has 0 amide bonds. The molecule has 0 aliphatic rings. The molecule has 130 valence electrons. The van der Waals surface area contributed by atoms with Crippen molar-refractivity contribution in [3.8, 4) is 11.8 Å². The van der Waals surface area contributed by atoms with Gasteiger partial charge in [-0.3, -0.25) is 0 Å². The quantitative estimate of drug-likeness (QED) is 0.793. The van der Waals surface area contributed by atoms with Gasteiger partial charge in [-0.15, -0.1) is 0 Å². The highest BCUT2D eigenvalue weighted by molar-refractivity contribution is 5.64. The summed E-state index contributed by atoms with van der Waals surface area (Å²) in [5, 5.41) is 0. The molecule has 2 rings (SSSR count). The summed E-state index contributed by atoms with van der Waals surface area (Å²) in [5.41, 5.74) is -0.430. The zero-order valence-corrected chi connectivity index (χ0v) is 13.6. The summed E-state index contributed by atoms with van der Waals surface area (Å²) in [7, 11) is 2.79. The predicted octanol–water partition coefficient (Wildman–Crippen LogP) is 4.06. The van der Waals surface area contributed by atoms with Gasteiger partial charge in [0.2, 0.25) is 0 Å². The van der Waals surface area contributed by atoms with Gasteiger partial charge in [0.25, 0.3) is 0 Å². The fraction of sp³-hybridized carbons (Fsp3) is 0.375. The number of anilines is 2. The van der Waals surface area contributed by atoms with E-state index >= 15 is 0 Å². The van der Waals surface area contributed by atoms with E-state index in [0.717, 1.165) is 12.6 Å². The average Bonchev–Trinajstić information content (AvgIpc) is 2.58. The first-order valence-electron chi connectivity index (χ1n) is 7.31. The Morgan fingerprint density at radius 1 is 1.25 bits per heavy atom. The number of hydrogen-bond acceptors (Lipinski definition) is 5. The minimum absolute atomic E-state index is 0.136. The number of hydrogen-bond donors (Lipinski definition) is 0. The number of ether oxygens (including phenoxy) is 2. The molecule has 5 nitrogen and oxygen atoms in total. The van der Waals surface area contributed by atoms with Gasteiger partial charge in [0, 0.05) is 25.0 Å². The van der Waals surface area contributed by atoms with Gasteiger partial charge in [-0.2, -0.15) is 18.2 Å². The van der Waals surface area contributed by atoms with E-state index in [1.165, 1.54) is 19.1 Å². The Morgan fingerprint density at radius 2 is 2.00 bits per heavy atom. The zero-order valence-electron chi connectivity index (χ0n) is 13.6. The van der Waals surface area contributed by atoms with Crippen molar-refractivity contribution in [3.63, 3.8) is 0 Å². The molecular weight excluding hydrogens is 323 g/mol. The molecule has 0 radical (unpaired) electrons. The molecule has 1 heterocycles. The first kappa shape index (κ1) is 17.8. The van der Waals surface area contributed by atoms with Crippen molar-refractivity contribution in [2.45, 2.75) is 19.5 Å². The van der Waals surface area contributed by atoms with Gasteiger partial charge in [0.05, 0.1) is 13.7 Å². The molecule has 1 aromatic heterocycles. The van der Waals surface area contributed by atoms with Crippen molar-refractivity contribution in [2.24, 2.45) is 0 Å². The molecule has 0 N–H and O–H groups in total. The number of methoxy groups -OCH3 is 1. The second-order valence-electron chi connectivity index (χ2n) is 5.00. The second-order valence-corrected chi connectivity index (χ2v) is 5.00. The number of halogens is 3. The average molecular weight is 341 g/mol. The lowest BCUT2D eigenvalue weighted by molar-refractivity contribution is -0.137. The molecular formula is C16H18F3N3O2. The van der Waals surface area contributed by atoms with Crippen LogP contribution in [-0.2, 0) is 6.18 Å². The highest BCUT2D eigenvalue weighted by atomic mass is 19.4. The maximum Gasteiger partial charge on any atom is 0.421 e. The number of aromatic nitrogens is 2. The molecule has 0 aliphatic heterocycles. The van der Waals surface area contributed by atoms with E-state index in [-0.39, 0.29) is 11.8 Å². The molecule has 1 aromatic carbocycles. The smallest absolute Gasteiger partial charge is 0.421 e. The van der Waals surface area contributed by atoms with Crippen molar-refractivity contribution < 1.29 is 22.6 Å². The summed E-state index contributed by atoms with van der Waals surface area (Å²) < 4.78 is 50.1. The topological polar surface area (TPSA) is 47.5 Å². The van der Waals surface area contributed by atoms with Gasteiger partial charge in [-0.25, -0.2) is 4.98 Å². The lowest BCUT2D eigenvalue weighted by atomic mass is 10.2. The molecule has 0 aliphatic carbocycles. The van der Waals surface area contributed by atoms with Gasteiger partial charge >= 0.3 is 12.2 Å². The first-order valence-corrected chi connectivity index (χ1v) is 7.31. The van der Waals surface area contributed by atoms with Crippen LogP contribution in [0.25, 0.3) is 0 Å². The SMILES string of the molecule is CCCOc1cccc(N(C)c2nc(OC)ncc2C(F)(F)F)c1. The Labute approximate surface area is 138 Å². The van der Waals surface area contributed by atoms with E-state index < -0.39 is 11.7 Å². The monoisotopic (exact) mass is 341 g/mol. The summed E-state index contributed by atoms with van der Waals surface area (Å²) in [6.45, 7) is 2.50. The highest BCUT2D eigenvalue weighted by Gasteiger charge is 2.36. The van der Waals surface area contributed by atoms with Crippen molar-refractivity contribution in [2.75, 3.05) is 25.7 Å². The van der Waals surface area contributed by atoms with Crippen LogP contribution >= 0.6 is 0 Å².